The number of rotatable bonds is 10. The van der Waals surface area contributed by atoms with Gasteiger partial charge >= 0.3 is 5.97 Å². The van der Waals surface area contributed by atoms with Crippen LogP contribution in [-0.4, -0.2) is 40.1 Å². The number of hydrazone groups is 1. The molecule has 2 amide bonds. The van der Waals surface area contributed by atoms with Crippen LogP contribution in [0.2, 0.25) is 0 Å². The maximum Gasteiger partial charge on any atom is 0.358 e. The first-order valence-electron chi connectivity index (χ1n) is 10.3. The van der Waals surface area contributed by atoms with Crippen LogP contribution in [0.1, 0.15) is 28.5 Å². The van der Waals surface area contributed by atoms with Gasteiger partial charge in [0.1, 0.15) is 0 Å². The highest BCUT2D eigenvalue weighted by Crippen LogP contribution is 2.11. The van der Waals surface area contributed by atoms with E-state index >= 15 is 0 Å². The lowest BCUT2D eigenvalue weighted by Crippen LogP contribution is -2.42. The number of imidazole rings is 1. The van der Waals surface area contributed by atoms with Crippen molar-refractivity contribution in [1.82, 2.24) is 20.6 Å². The van der Waals surface area contributed by atoms with E-state index in [1.165, 1.54) is 6.33 Å². The molecule has 0 spiro atoms. The Hall–Kier alpha value is -4.47. The summed E-state index contributed by atoms with van der Waals surface area (Å²) in [5, 5.41) is 9.30. The number of hydrogen-bond donors (Lipinski definition) is 4. The summed E-state index contributed by atoms with van der Waals surface area (Å²) in [5.41, 5.74) is 3.84. The Kier molecular flexibility index (Phi) is 8.29. The third kappa shape index (κ3) is 6.76. The number of aromatic nitrogens is 2. The average Bonchev–Trinajstić information content (AvgIpc) is 3.32. The second-order valence-corrected chi connectivity index (χ2v) is 6.76. The molecule has 4 N–H and O–H groups in total. The topological polar surface area (TPSA) is 138 Å². The first-order valence-corrected chi connectivity index (χ1v) is 10.3. The van der Waals surface area contributed by atoms with Gasteiger partial charge in [-0.2, -0.15) is 5.10 Å². The first-order chi connectivity index (χ1) is 16.1. The molecule has 0 aliphatic carbocycles. The summed E-state index contributed by atoms with van der Waals surface area (Å²) in [6.07, 6.45) is 1.27. The Morgan fingerprint density at radius 3 is 1.97 bits per heavy atom. The van der Waals surface area contributed by atoms with Gasteiger partial charge in [0.15, 0.2) is 11.5 Å². The molecule has 10 nitrogen and oxygen atoms in total. The van der Waals surface area contributed by atoms with Crippen molar-refractivity contribution in [3.05, 3.63) is 83.8 Å². The SMILES string of the molecule is CCOC(=O)c1[nH]cnc1NN=C(C(=O)NCc1ccccc1)C(=O)NCc1ccccc1. The van der Waals surface area contributed by atoms with Crippen molar-refractivity contribution < 1.29 is 19.1 Å². The van der Waals surface area contributed by atoms with E-state index in [4.69, 9.17) is 4.74 Å². The van der Waals surface area contributed by atoms with Crippen LogP contribution < -0.4 is 16.1 Å². The number of H-pyrrole nitrogens is 1. The Morgan fingerprint density at radius 2 is 1.45 bits per heavy atom. The van der Waals surface area contributed by atoms with Gasteiger partial charge in [0.25, 0.3) is 11.8 Å². The molecule has 3 rings (SSSR count). The normalized spacial score (nSPS) is 10.1. The van der Waals surface area contributed by atoms with Crippen molar-refractivity contribution in [2.75, 3.05) is 12.0 Å². The van der Waals surface area contributed by atoms with E-state index in [0.717, 1.165) is 11.1 Å². The number of benzene rings is 2. The van der Waals surface area contributed by atoms with Gasteiger partial charge in [-0.25, -0.2) is 9.78 Å². The minimum atomic E-state index is -0.690. The van der Waals surface area contributed by atoms with Crippen LogP contribution in [0.15, 0.2) is 72.1 Å². The molecular weight excluding hydrogens is 424 g/mol. The van der Waals surface area contributed by atoms with Crippen LogP contribution in [0.5, 0.6) is 0 Å². The second-order valence-electron chi connectivity index (χ2n) is 6.76. The lowest BCUT2D eigenvalue weighted by atomic mass is 10.2. The van der Waals surface area contributed by atoms with Crippen LogP contribution in [-0.2, 0) is 27.4 Å². The van der Waals surface area contributed by atoms with Gasteiger partial charge in [-0.05, 0) is 18.1 Å². The number of carbonyl (C=O) groups excluding carboxylic acids is 3. The molecule has 170 valence electrons. The Morgan fingerprint density at radius 1 is 0.909 bits per heavy atom. The van der Waals surface area contributed by atoms with Crippen molar-refractivity contribution in [2.45, 2.75) is 20.0 Å². The molecule has 0 fully saturated rings. The summed E-state index contributed by atoms with van der Waals surface area (Å²) in [7, 11) is 0. The molecule has 0 saturated heterocycles. The predicted molar refractivity (Wildman–Crippen MR) is 122 cm³/mol. The van der Waals surface area contributed by atoms with E-state index in [1.54, 1.807) is 6.92 Å². The fraction of sp³-hybridized carbons (Fsp3) is 0.174. The van der Waals surface area contributed by atoms with Crippen LogP contribution in [0.25, 0.3) is 0 Å². The molecule has 1 aromatic heterocycles. The summed E-state index contributed by atoms with van der Waals surface area (Å²) < 4.78 is 4.95. The Bertz CT molecular complexity index is 1050. The van der Waals surface area contributed by atoms with Crippen LogP contribution in [0, 0.1) is 0 Å². The monoisotopic (exact) mass is 448 g/mol. The van der Waals surface area contributed by atoms with Crippen LogP contribution in [0.3, 0.4) is 0 Å². The maximum absolute atomic E-state index is 12.8. The van der Waals surface area contributed by atoms with Crippen molar-refractivity contribution in [1.29, 1.82) is 0 Å². The largest absolute Gasteiger partial charge is 0.461 e. The van der Waals surface area contributed by atoms with Gasteiger partial charge < -0.3 is 20.4 Å². The highest BCUT2D eigenvalue weighted by Gasteiger charge is 2.22. The zero-order chi connectivity index (χ0) is 23.5. The minimum Gasteiger partial charge on any atom is -0.461 e. The molecule has 33 heavy (non-hydrogen) atoms. The summed E-state index contributed by atoms with van der Waals surface area (Å²) in [6.45, 7) is 2.27. The molecule has 0 aliphatic rings. The van der Waals surface area contributed by atoms with Gasteiger partial charge in [0, 0.05) is 13.1 Å². The van der Waals surface area contributed by atoms with Crippen LogP contribution in [0.4, 0.5) is 5.82 Å². The molecule has 0 bridgehead atoms. The standard InChI is InChI=1S/C23H24N6O4/c1-2-33-23(32)18-20(27-15-26-18)29-28-19(21(30)24-13-16-9-5-3-6-10-16)22(31)25-14-17-11-7-4-8-12-17/h3-12,15,29H,2,13-14H2,1H3,(H,24,30)(H,25,31)(H,26,27). The van der Waals surface area contributed by atoms with E-state index in [-0.39, 0.29) is 31.2 Å². The molecule has 2 aromatic carbocycles. The summed E-state index contributed by atoms with van der Waals surface area (Å²) in [5.74, 6) is -2.00. The number of nitrogens with one attached hydrogen (secondary N) is 4. The Balaban J connectivity index is 1.75. The van der Waals surface area contributed by atoms with Gasteiger partial charge in [0.05, 0.1) is 12.9 Å². The second kappa shape index (κ2) is 11.8. The molecule has 0 aliphatic heterocycles. The number of anilines is 1. The van der Waals surface area contributed by atoms with E-state index in [9.17, 15) is 14.4 Å². The third-order valence-corrected chi connectivity index (χ3v) is 4.41. The molecular formula is C23H24N6O4. The lowest BCUT2D eigenvalue weighted by molar-refractivity contribution is -0.119. The fourth-order valence-corrected chi connectivity index (χ4v) is 2.78. The van der Waals surface area contributed by atoms with Gasteiger partial charge in [-0.1, -0.05) is 60.7 Å². The van der Waals surface area contributed by atoms with Crippen LogP contribution >= 0.6 is 0 Å². The predicted octanol–water partition coefficient (Wildman–Crippen LogP) is 1.99. The lowest BCUT2D eigenvalue weighted by Gasteiger charge is -2.10. The molecule has 0 saturated carbocycles. The highest BCUT2D eigenvalue weighted by molar-refractivity contribution is 6.65. The number of aromatic amines is 1. The molecule has 1 heterocycles. The van der Waals surface area contributed by atoms with E-state index in [0.29, 0.717) is 0 Å². The van der Waals surface area contributed by atoms with Gasteiger partial charge in [-0.3, -0.25) is 15.0 Å². The zero-order valence-electron chi connectivity index (χ0n) is 18.0. The quantitative estimate of drug-likeness (QED) is 0.162. The molecule has 0 unspecified atom stereocenters. The highest BCUT2D eigenvalue weighted by atomic mass is 16.5. The van der Waals surface area contributed by atoms with E-state index in [2.05, 4.69) is 31.1 Å². The maximum atomic E-state index is 12.8. The smallest absolute Gasteiger partial charge is 0.358 e. The van der Waals surface area contributed by atoms with E-state index < -0.39 is 23.5 Å². The van der Waals surface area contributed by atoms with Crippen molar-refractivity contribution in [3.8, 4) is 0 Å². The number of nitrogens with zero attached hydrogens (tertiary/aromatic N) is 2. The van der Waals surface area contributed by atoms with Crippen molar-refractivity contribution in [2.24, 2.45) is 5.10 Å². The van der Waals surface area contributed by atoms with Gasteiger partial charge in [0.2, 0.25) is 5.71 Å². The molecule has 3 aromatic rings. The van der Waals surface area contributed by atoms with Crippen molar-refractivity contribution in [3.63, 3.8) is 0 Å². The van der Waals surface area contributed by atoms with Crippen molar-refractivity contribution >= 4 is 29.3 Å². The van der Waals surface area contributed by atoms with E-state index in [1.807, 2.05) is 60.7 Å². The number of hydrogen-bond acceptors (Lipinski definition) is 7. The summed E-state index contributed by atoms with van der Waals surface area (Å²) >= 11 is 0. The minimum absolute atomic E-state index is 0.0225. The number of ether oxygens (including phenoxy) is 1. The molecule has 0 radical (unpaired) electrons. The zero-order valence-corrected chi connectivity index (χ0v) is 18.0. The summed E-state index contributed by atoms with van der Waals surface area (Å²) in [4.78, 5) is 44.2. The number of carbonyl (C=O) groups is 3. The third-order valence-electron chi connectivity index (χ3n) is 4.41. The Labute approximate surface area is 190 Å². The average molecular weight is 448 g/mol. The number of esters is 1. The van der Waals surface area contributed by atoms with Gasteiger partial charge in [-0.15, -0.1) is 0 Å². The fourth-order valence-electron chi connectivity index (χ4n) is 2.78. The molecule has 0 atom stereocenters. The molecule has 10 heteroatoms. The summed E-state index contributed by atoms with van der Waals surface area (Å²) in [6, 6.07) is 18.5. The number of amides is 2. The first kappa shape index (κ1) is 23.2.